The predicted molar refractivity (Wildman–Crippen MR) is 70.1 cm³/mol. The van der Waals surface area contributed by atoms with E-state index >= 15 is 0 Å². The Labute approximate surface area is 104 Å². The maximum atomic E-state index is 6.10. The number of fused-ring (bicyclic) bond motifs is 1. The molecule has 0 bridgehead atoms. The molecule has 0 saturated heterocycles. The van der Waals surface area contributed by atoms with Crippen molar-refractivity contribution < 1.29 is 4.74 Å². The van der Waals surface area contributed by atoms with Gasteiger partial charge in [-0.25, -0.2) is 0 Å². The third-order valence-corrected chi connectivity index (χ3v) is 3.48. The van der Waals surface area contributed by atoms with Crippen LogP contribution in [0.15, 0.2) is 18.3 Å². The smallest absolute Gasteiger partial charge is 0.138 e. The van der Waals surface area contributed by atoms with Gasteiger partial charge in [-0.1, -0.05) is 23.8 Å². The summed E-state index contributed by atoms with van der Waals surface area (Å²) in [5.41, 5.74) is 2.09. The SMILES string of the molecule is COc1cc2c(=S)c(C)cn(C)c2cc1Cl. The summed E-state index contributed by atoms with van der Waals surface area (Å²) >= 11 is 11.5. The first-order valence-corrected chi connectivity index (χ1v) is 5.66. The molecule has 2 aromatic rings. The number of methoxy groups -OCH3 is 1. The number of benzene rings is 1. The topological polar surface area (TPSA) is 14.2 Å². The third-order valence-electron chi connectivity index (χ3n) is 2.64. The van der Waals surface area contributed by atoms with E-state index in [2.05, 4.69) is 0 Å². The van der Waals surface area contributed by atoms with Crippen LogP contribution in [0.5, 0.6) is 5.75 Å². The van der Waals surface area contributed by atoms with Crippen molar-refractivity contribution in [3.05, 3.63) is 33.4 Å². The van der Waals surface area contributed by atoms with Crippen molar-refractivity contribution in [1.82, 2.24) is 4.57 Å². The van der Waals surface area contributed by atoms with Crippen molar-refractivity contribution in [3.8, 4) is 5.75 Å². The van der Waals surface area contributed by atoms with E-state index in [0.29, 0.717) is 10.8 Å². The Kier molecular flexibility index (Phi) is 2.91. The molecule has 0 fully saturated rings. The second kappa shape index (κ2) is 4.07. The summed E-state index contributed by atoms with van der Waals surface area (Å²) in [7, 11) is 3.58. The van der Waals surface area contributed by atoms with Gasteiger partial charge in [0.25, 0.3) is 0 Å². The molecule has 0 atom stereocenters. The molecule has 1 aromatic heterocycles. The van der Waals surface area contributed by atoms with Gasteiger partial charge in [-0.3, -0.25) is 0 Å². The minimum atomic E-state index is 0.601. The number of rotatable bonds is 1. The Morgan fingerprint density at radius 1 is 1.38 bits per heavy atom. The van der Waals surface area contributed by atoms with E-state index in [-0.39, 0.29) is 0 Å². The summed E-state index contributed by atoms with van der Waals surface area (Å²) in [5, 5.41) is 1.60. The lowest BCUT2D eigenvalue weighted by atomic mass is 10.1. The molecule has 0 N–H and O–H groups in total. The summed E-state index contributed by atoms with van der Waals surface area (Å²) in [6.07, 6.45) is 2.01. The van der Waals surface area contributed by atoms with Crippen molar-refractivity contribution in [2.24, 2.45) is 7.05 Å². The van der Waals surface area contributed by atoms with Crippen LogP contribution in [0.4, 0.5) is 0 Å². The zero-order valence-electron chi connectivity index (χ0n) is 9.37. The van der Waals surface area contributed by atoms with Crippen LogP contribution in [0, 0.1) is 11.4 Å². The first-order chi connectivity index (χ1) is 7.54. The zero-order chi connectivity index (χ0) is 11.9. The van der Waals surface area contributed by atoms with Crippen molar-refractivity contribution in [2.45, 2.75) is 6.92 Å². The molecule has 0 radical (unpaired) electrons. The number of pyridine rings is 1. The number of ether oxygens (including phenoxy) is 1. The molecule has 0 aliphatic carbocycles. The van der Waals surface area contributed by atoms with Crippen LogP contribution in [0.3, 0.4) is 0 Å². The predicted octanol–water partition coefficient (Wildman–Crippen LogP) is 3.88. The number of hydrogen-bond donors (Lipinski definition) is 0. The molecule has 0 aliphatic rings. The first kappa shape index (κ1) is 11.4. The molecule has 0 unspecified atom stereocenters. The fourth-order valence-electron chi connectivity index (χ4n) is 1.80. The number of aromatic nitrogens is 1. The second-order valence-corrected chi connectivity index (χ2v) is 4.57. The average molecular weight is 254 g/mol. The summed E-state index contributed by atoms with van der Waals surface area (Å²) in [6, 6.07) is 3.78. The van der Waals surface area contributed by atoms with Crippen LogP contribution in [0.2, 0.25) is 5.02 Å². The van der Waals surface area contributed by atoms with Gasteiger partial charge in [-0.05, 0) is 24.6 Å². The third kappa shape index (κ3) is 1.70. The molecular weight excluding hydrogens is 242 g/mol. The number of halogens is 1. The van der Waals surface area contributed by atoms with Gasteiger partial charge >= 0.3 is 0 Å². The normalized spacial score (nSPS) is 10.8. The van der Waals surface area contributed by atoms with Crippen molar-refractivity contribution in [1.29, 1.82) is 0 Å². The van der Waals surface area contributed by atoms with Crippen LogP contribution in [0.25, 0.3) is 10.9 Å². The minimum Gasteiger partial charge on any atom is -0.495 e. The van der Waals surface area contributed by atoms with E-state index < -0.39 is 0 Å². The lowest BCUT2D eigenvalue weighted by molar-refractivity contribution is 0.415. The molecule has 1 aromatic carbocycles. The average Bonchev–Trinajstić information content (AvgIpc) is 2.25. The van der Waals surface area contributed by atoms with Gasteiger partial charge in [0.1, 0.15) is 5.75 Å². The highest BCUT2D eigenvalue weighted by molar-refractivity contribution is 7.71. The first-order valence-electron chi connectivity index (χ1n) is 4.88. The molecule has 2 rings (SSSR count). The van der Waals surface area contributed by atoms with Crippen molar-refractivity contribution in [3.63, 3.8) is 0 Å². The van der Waals surface area contributed by atoms with Gasteiger partial charge in [0.05, 0.1) is 22.2 Å². The molecular formula is C12H12ClNOS. The van der Waals surface area contributed by atoms with Crippen LogP contribution >= 0.6 is 23.8 Å². The Morgan fingerprint density at radius 3 is 2.69 bits per heavy atom. The molecule has 84 valence electrons. The molecule has 0 spiro atoms. The fourth-order valence-corrected chi connectivity index (χ4v) is 2.26. The highest BCUT2D eigenvalue weighted by Crippen LogP contribution is 2.30. The number of aryl methyl sites for hydroxylation is 2. The second-order valence-electron chi connectivity index (χ2n) is 3.76. The largest absolute Gasteiger partial charge is 0.495 e. The molecule has 1 heterocycles. The maximum Gasteiger partial charge on any atom is 0.138 e. The van der Waals surface area contributed by atoms with E-state index in [4.69, 9.17) is 28.6 Å². The molecule has 0 saturated carbocycles. The van der Waals surface area contributed by atoms with Gasteiger partial charge in [0, 0.05) is 18.6 Å². The van der Waals surface area contributed by atoms with Crippen LogP contribution in [0.1, 0.15) is 5.56 Å². The quantitative estimate of drug-likeness (QED) is 0.716. The van der Waals surface area contributed by atoms with E-state index in [1.165, 1.54) is 0 Å². The van der Waals surface area contributed by atoms with Gasteiger partial charge in [0.2, 0.25) is 0 Å². The lowest BCUT2D eigenvalue weighted by Crippen LogP contribution is -1.96. The van der Waals surface area contributed by atoms with Crippen molar-refractivity contribution >= 4 is 34.7 Å². The molecule has 4 heteroatoms. The lowest BCUT2D eigenvalue weighted by Gasteiger charge is -2.11. The van der Waals surface area contributed by atoms with Crippen LogP contribution in [-0.2, 0) is 7.05 Å². The summed E-state index contributed by atoms with van der Waals surface area (Å²) in [5.74, 6) is 0.658. The molecule has 0 aliphatic heterocycles. The van der Waals surface area contributed by atoms with Gasteiger partial charge in [0.15, 0.2) is 0 Å². The summed E-state index contributed by atoms with van der Waals surface area (Å²) in [6.45, 7) is 2.00. The van der Waals surface area contributed by atoms with Crippen LogP contribution in [-0.4, -0.2) is 11.7 Å². The molecule has 2 nitrogen and oxygen atoms in total. The van der Waals surface area contributed by atoms with E-state index in [1.54, 1.807) is 7.11 Å². The van der Waals surface area contributed by atoms with Crippen molar-refractivity contribution in [2.75, 3.05) is 7.11 Å². The summed E-state index contributed by atoms with van der Waals surface area (Å²) in [4.78, 5) is 0. The maximum absolute atomic E-state index is 6.10. The Bertz CT molecular complexity index is 618. The van der Waals surface area contributed by atoms with Gasteiger partial charge in [-0.2, -0.15) is 0 Å². The Balaban J connectivity index is 2.96. The number of nitrogens with zero attached hydrogens (tertiary/aromatic N) is 1. The standard InChI is InChI=1S/C12H12ClNOS/c1-7-6-14(2)10-5-9(13)11(15-3)4-8(10)12(7)16/h4-6H,1-3H3. The zero-order valence-corrected chi connectivity index (χ0v) is 10.9. The van der Waals surface area contributed by atoms with E-state index in [1.807, 2.05) is 36.9 Å². The fraction of sp³-hybridized carbons (Fsp3) is 0.250. The number of hydrogen-bond acceptors (Lipinski definition) is 2. The summed E-state index contributed by atoms with van der Waals surface area (Å²) < 4.78 is 8.07. The van der Waals surface area contributed by atoms with Gasteiger partial charge in [-0.15, -0.1) is 0 Å². The highest BCUT2D eigenvalue weighted by Gasteiger charge is 2.07. The molecule has 0 amide bonds. The Hall–Kier alpha value is -1.06. The van der Waals surface area contributed by atoms with E-state index in [0.717, 1.165) is 21.0 Å². The van der Waals surface area contributed by atoms with E-state index in [9.17, 15) is 0 Å². The molecule has 16 heavy (non-hydrogen) atoms. The van der Waals surface area contributed by atoms with Gasteiger partial charge < -0.3 is 9.30 Å². The van der Waals surface area contributed by atoms with Crippen LogP contribution < -0.4 is 4.74 Å². The highest BCUT2D eigenvalue weighted by atomic mass is 35.5. The monoisotopic (exact) mass is 253 g/mol. The Morgan fingerprint density at radius 2 is 2.06 bits per heavy atom. The minimum absolute atomic E-state index is 0.601.